The molecule has 0 N–H and O–H groups in total. The summed E-state index contributed by atoms with van der Waals surface area (Å²) >= 11 is 12.0. The van der Waals surface area contributed by atoms with Gasteiger partial charge in [0.1, 0.15) is 5.82 Å². The lowest BCUT2D eigenvalue weighted by Crippen LogP contribution is -2.04. The molecular weight excluding hydrogens is 343 g/mol. The van der Waals surface area contributed by atoms with Gasteiger partial charge in [-0.05, 0) is 30.7 Å². The van der Waals surface area contributed by atoms with Crippen molar-refractivity contribution in [3.63, 3.8) is 0 Å². The van der Waals surface area contributed by atoms with Crippen LogP contribution in [-0.4, -0.2) is 19.7 Å². The van der Waals surface area contributed by atoms with Gasteiger partial charge >= 0.3 is 0 Å². The molecule has 7 heteroatoms. The van der Waals surface area contributed by atoms with Crippen LogP contribution in [0.5, 0.6) is 0 Å². The Bertz CT molecular complexity index is 786. The highest BCUT2D eigenvalue weighted by Gasteiger charge is 2.06. The van der Waals surface area contributed by atoms with E-state index >= 15 is 0 Å². The number of rotatable bonds is 3. The minimum Gasteiger partial charge on any atom is -0.329 e. The molecule has 0 atom stereocenters. The molecule has 0 spiro atoms. The molecule has 0 aliphatic carbocycles. The van der Waals surface area contributed by atoms with Crippen molar-refractivity contribution in [1.29, 1.82) is 0 Å². The van der Waals surface area contributed by atoms with Gasteiger partial charge in [0.05, 0.1) is 28.5 Å². The SMILES string of the molecule is Cc1nccn1Cc1cc(-c2ccc(Cl)c(Cl)c2)cnn1.Cl. The smallest absolute Gasteiger partial charge is 0.105 e. The third-order valence-corrected chi connectivity index (χ3v) is 3.95. The summed E-state index contributed by atoms with van der Waals surface area (Å²) < 4.78 is 2.02. The van der Waals surface area contributed by atoms with Crippen LogP contribution in [-0.2, 0) is 6.54 Å². The van der Waals surface area contributed by atoms with Gasteiger partial charge in [-0.25, -0.2) is 4.98 Å². The van der Waals surface area contributed by atoms with E-state index in [2.05, 4.69) is 15.2 Å². The normalized spacial score (nSPS) is 10.3. The Kier molecular flexibility index (Phi) is 5.40. The summed E-state index contributed by atoms with van der Waals surface area (Å²) in [6.07, 6.45) is 5.40. The van der Waals surface area contributed by atoms with Crippen LogP contribution in [0.4, 0.5) is 0 Å². The molecule has 0 bridgehead atoms. The third-order valence-electron chi connectivity index (χ3n) is 3.21. The zero-order valence-electron chi connectivity index (χ0n) is 11.7. The van der Waals surface area contributed by atoms with Crippen LogP contribution in [0.2, 0.25) is 10.0 Å². The number of hydrogen-bond acceptors (Lipinski definition) is 3. The maximum absolute atomic E-state index is 6.06. The first-order valence-electron chi connectivity index (χ1n) is 6.38. The van der Waals surface area contributed by atoms with E-state index in [-0.39, 0.29) is 12.4 Å². The molecule has 0 fully saturated rings. The predicted octanol–water partition coefficient (Wildman–Crippen LogP) is 4.43. The third kappa shape index (κ3) is 3.58. The van der Waals surface area contributed by atoms with E-state index in [1.807, 2.05) is 35.9 Å². The number of imidazole rings is 1. The number of aromatic nitrogens is 4. The Hall–Kier alpha value is -1.62. The number of benzene rings is 1. The topological polar surface area (TPSA) is 43.6 Å². The van der Waals surface area contributed by atoms with Crippen molar-refractivity contribution in [2.75, 3.05) is 0 Å². The van der Waals surface area contributed by atoms with Gasteiger partial charge in [-0.2, -0.15) is 10.2 Å². The molecule has 4 nitrogen and oxygen atoms in total. The molecule has 0 saturated carbocycles. The highest BCUT2D eigenvalue weighted by molar-refractivity contribution is 6.42. The summed E-state index contributed by atoms with van der Waals surface area (Å²) in [6.45, 7) is 2.59. The average Bonchev–Trinajstić information content (AvgIpc) is 2.88. The fourth-order valence-electron chi connectivity index (χ4n) is 2.07. The summed E-state index contributed by atoms with van der Waals surface area (Å²) in [7, 11) is 0. The lowest BCUT2D eigenvalue weighted by molar-refractivity contribution is 0.727. The molecule has 3 rings (SSSR count). The average molecular weight is 356 g/mol. The monoisotopic (exact) mass is 354 g/mol. The fraction of sp³-hybridized carbons (Fsp3) is 0.133. The predicted molar refractivity (Wildman–Crippen MR) is 90.8 cm³/mol. The van der Waals surface area contributed by atoms with Crippen molar-refractivity contribution in [3.05, 3.63) is 64.4 Å². The van der Waals surface area contributed by atoms with Crippen LogP contribution >= 0.6 is 35.6 Å². The second-order valence-electron chi connectivity index (χ2n) is 4.67. The van der Waals surface area contributed by atoms with E-state index < -0.39 is 0 Å². The molecule has 0 aliphatic rings. The molecule has 3 aromatic rings. The van der Waals surface area contributed by atoms with Gasteiger partial charge < -0.3 is 4.57 Å². The first-order valence-corrected chi connectivity index (χ1v) is 7.14. The second kappa shape index (κ2) is 7.09. The Labute approximate surface area is 144 Å². The molecule has 0 aliphatic heterocycles. The standard InChI is InChI=1S/C15H12Cl2N4.ClH/c1-10-18-4-5-21(10)9-13-6-12(8-19-20-13)11-2-3-14(16)15(17)7-11;/h2-8H,9H2,1H3;1H. The molecule has 0 amide bonds. The summed E-state index contributed by atoms with van der Waals surface area (Å²) in [5.74, 6) is 0.941. The minimum absolute atomic E-state index is 0. The van der Waals surface area contributed by atoms with Crippen LogP contribution in [0, 0.1) is 6.92 Å². The Morgan fingerprint density at radius 1 is 1.09 bits per heavy atom. The van der Waals surface area contributed by atoms with Crippen molar-refractivity contribution in [2.45, 2.75) is 13.5 Å². The summed E-state index contributed by atoms with van der Waals surface area (Å²) in [6, 6.07) is 7.51. The zero-order valence-corrected chi connectivity index (χ0v) is 14.0. The van der Waals surface area contributed by atoms with Gasteiger partial charge in [0.25, 0.3) is 0 Å². The number of aryl methyl sites for hydroxylation is 1. The summed E-state index contributed by atoms with van der Waals surface area (Å²) in [5, 5.41) is 9.29. The molecule has 2 heterocycles. The van der Waals surface area contributed by atoms with Crippen LogP contribution in [0.15, 0.2) is 42.9 Å². The highest BCUT2D eigenvalue weighted by Crippen LogP contribution is 2.28. The molecule has 0 radical (unpaired) electrons. The van der Waals surface area contributed by atoms with Crippen molar-refractivity contribution < 1.29 is 0 Å². The molecule has 1 aromatic carbocycles. The number of halogens is 3. The number of nitrogens with zero attached hydrogens (tertiary/aromatic N) is 4. The van der Waals surface area contributed by atoms with E-state index in [9.17, 15) is 0 Å². The maximum Gasteiger partial charge on any atom is 0.105 e. The maximum atomic E-state index is 6.06. The lowest BCUT2D eigenvalue weighted by atomic mass is 10.1. The van der Waals surface area contributed by atoms with E-state index in [0.29, 0.717) is 16.6 Å². The number of hydrogen-bond donors (Lipinski definition) is 0. The molecule has 2 aromatic heterocycles. The second-order valence-corrected chi connectivity index (χ2v) is 5.48. The summed E-state index contributed by atoms with van der Waals surface area (Å²) in [4.78, 5) is 4.20. The Morgan fingerprint density at radius 2 is 1.91 bits per heavy atom. The fourth-order valence-corrected chi connectivity index (χ4v) is 2.37. The minimum atomic E-state index is 0. The largest absolute Gasteiger partial charge is 0.329 e. The van der Waals surface area contributed by atoms with E-state index in [1.54, 1.807) is 18.5 Å². The van der Waals surface area contributed by atoms with Crippen molar-refractivity contribution >= 4 is 35.6 Å². The highest BCUT2D eigenvalue weighted by atomic mass is 35.5. The van der Waals surface area contributed by atoms with Crippen LogP contribution in [0.25, 0.3) is 11.1 Å². The zero-order chi connectivity index (χ0) is 14.8. The van der Waals surface area contributed by atoms with Crippen LogP contribution in [0.1, 0.15) is 11.5 Å². The van der Waals surface area contributed by atoms with Crippen LogP contribution < -0.4 is 0 Å². The van der Waals surface area contributed by atoms with Gasteiger partial charge in [0, 0.05) is 18.0 Å². The molecule has 22 heavy (non-hydrogen) atoms. The first kappa shape index (κ1) is 16.7. The van der Waals surface area contributed by atoms with E-state index in [0.717, 1.165) is 22.6 Å². The van der Waals surface area contributed by atoms with Gasteiger partial charge in [0.2, 0.25) is 0 Å². The van der Waals surface area contributed by atoms with Gasteiger partial charge in [-0.3, -0.25) is 0 Å². The summed E-state index contributed by atoms with van der Waals surface area (Å²) in [5.41, 5.74) is 2.78. The molecular formula is C15H13Cl3N4. The van der Waals surface area contributed by atoms with Crippen molar-refractivity contribution in [2.24, 2.45) is 0 Å². The first-order chi connectivity index (χ1) is 10.1. The van der Waals surface area contributed by atoms with Gasteiger partial charge in [-0.15, -0.1) is 12.4 Å². The Balaban J connectivity index is 0.00000176. The van der Waals surface area contributed by atoms with E-state index in [1.165, 1.54) is 0 Å². The molecule has 114 valence electrons. The van der Waals surface area contributed by atoms with Gasteiger partial charge in [-0.1, -0.05) is 29.3 Å². The van der Waals surface area contributed by atoms with Gasteiger partial charge in [0.15, 0.2) is 0 Å². The molecule has 0 saturated heterocycles. The van der Waals surface area contributed by atoms with Crippen molar-refractivity contribution in [3.8, 4) is 11.1 Å². The van der Waals surface area contributed by atoms with Crippen LogP contribution in [0.3, 0.4) is 0 Å². The molecule has 0 unspecified atom stereocenters. The van der Waals surface area contributed by atoms with Crippen molar-refractivity contribution in [1.82, 2.24) is 19.7 Å². The van der Waals surface area contributed by atoms with E-state index in [4.69, 9.17) is 23.2 Å². The quantitative estimate of drug-likeness (QED) is 0.698. The Morgan fingerprint density at radius 3 is 2.59 bits per heavy atom. The lowest BCUT2D eigenvalue weighted by Gasteiger charge is -2.07.